The van der Waals surface area contributed by atoms with Crippen LogP contribution in [0.1, 0.15) is 58.8 Å². The van der Waals surface area contributed by atoms with Crippen molar-refractivity contribution in [1.82, 2.24) is 9.80 Å². The number of hydrogen-bond acceptors (Lipinski definition) is 3. The van der Waals surface area contributed by atoms with Crippen molar-refractivity contribution in [1.29, 1.82) is 0 Å². The van der Waals surface area contributed by atoms with Crippen LogP contribution >= 0.6 is 0 Å². The second-order valence-corrected chi connectivity index (χ2v) is 6.64. The first-order valence-electron chi connectivity index (χ1n) is 8.33. The largest absolute Gasteiger partial charge is 0.396 e. The predicted octanol–water partition coefficient (Wildman–Crippen LogP) is 2.49. The Hall–Kier alpha value is -0.120. The summed E-state index contributed by atoms with van der Waals surface area (Å²) in [4.78, 5) is 5.31. The lowest BCUT2D eigenvalue weighted by Crippen LogP contribution is -2.57. The number of nitrogens with zero attached hydrogens (tertiary/aromatic N) is 2. The first kappa shape index (κ1) is 15.3. The summed E-state index contributed by atoms with van der Waals surface area (Å²) >= 11 is 0. The van der Waals surface area contributed by atoms with Crippen LogP contribution in [-0.4, -0.2) is 59.3 Å². The van der Waals surface area contributed by atoms with E-state index in [0.717, 1.165) is 12.5 Å². The van der Waals surface area contributed by atoms with Crippen LogP contribution in [0.3, 0.4) is 0 Å². The highest BCUT2D eigenvalue weighted by atomic mass is 16.3. The molecule has 0 unspecified atom stereocenters. The zero-order valence-corrected chi connectivity index (χ0v) is 12.9. The second kappa shape index (κ2) is 7.61. The van der Waals surface area contributed by atoms with E-state index in [-0.39, 0.29) is 0 Å². The third kappa shape index (κ3) is 4.17. The van der Waals surface area contributed by atoms with Crippen molar-refractivity contribution in [3.63, 3.8) is 0 Å². The summed E-state index contributed by atoms with van der Waals surface area (Å²) in [6.45, 7) is 8.47. The molecule has 112 valence electrons. The number of aliphatic hydroxyl groups excluding tert-OH is 1. The van der Waals surface area contributed by atoms with Gasteiger partial charge < -0.3 is 5.11 Å². The van der Waals surface area contributed by atoms with Crippen LogP contribution < -0.4 is 0 Å². The van der Waals surface area contributed by atoms with Gasteiger partial charge in [-0.25, -0.2) is 0 Å². The highest BCUT2D eigenvalue weighted by Crippen LogP contribution is 2.25. The van der Waals surface area contributed by atoms with Gasteiger partial charge in [0.15, 0.2) is 0 Å². The van der Waals surface area contributed by atoms with E-state index in [1.807, 2.05) is 0 Å². The topological polar surface area (TPSA) is 26.7 Å². The molecule has 0 aromatic rings. The van der Waals surface area contributed by atoms with Crippen molar-refractivity contribution < 1.29 is 5.11 Å². The molecule has 3 nitrogen and oxygen atoms in total. The zero-order valence-electron chi connectivity index (χ0n) is 12.9. The van der Waals surface area contributed by atoms with Gasteiger partial charge in [-0.05, 0) is 33.1 Å². The third-order valence-corrected chi connectivity index (χ3v) is 5.03. The van der Waals surface area contributed by atoms with E-state index in [9.17, 15) is 5.11 Å². The summed E-state index contributed by atoms with van der Waals surface area (Å²) in [6.07, 6.45) is 9.42. The molecule has 1 saturated carbocycles. The lowest BCUT2D eigenvalue weighted by molar-refractivity contribution is 0.0153. The molecule has 1 aliphatic heterocycles. The van der Waals surface area contributed by atoms with Crippen molar-refractivity contribution in [2.75, 3.05) is 26.2 Å². The highest BCUT2D eigenvalue weighted by Gasteiger charge is 2.31. The lowest BCUT2D eigenvalue weighted by atomic mass is 10.0. The van der Waals surface area contributed by atoms with Crippen molar-refractivity contribution >= 4 is 0 Å². The van der Waals surface area contributed by atoms with Crippen LogP contribution in [0.25, 0.3) is 0 Å². The van der Waals surface area contributed by atoms with Crippen LogP contribution in [0.5, 0.6) is 0 Å². The molecule has 0 spiro atoms. The van der Waals surface area contributed by atoms with E-state index < -0.39 is 0 Å². The summed E-state index contributed by atoms with van der Waals surface area (Å²) < 4.78 is 0. The first-order valence-corrected chi connectivity index (χ1v) is 8.33. The number of rotatable bonds is 4. The van der Waals surface area contributed by atoms with Gasteiger partial charge in [0, 0.05) is 44.4 Å². The maximum Gasteiger partial charge on any atom is 0.0446 e. The molecule has 0 bridgehead atoms. The Bertz CT molecular complexity index is 249. The summed E-state index contributed by atoms with van der Waals surface area (Å²) in [7, 11) is 0. The molecular formula is C16H32N2O. The smallest absolute Gasteiger partial charge is 0.0446 e. The average molecular weight is 268 g/mol. The van der Waals surface area contributed by atoms with Gasteiger partial charge in [0.25, 0.3) is 0 Å². The highest BCUT2D eigenvalue weighted by molar-refractivity contribution is 4.87. The molecule has 1 N–H and O–H groups in total. The minimum Gasteiger partial charge on any atom is -0.396 e. The molecule has 1 saturated heterocycles. The Morgan fingerprint density at radius 3 is 2.32 bits per heavy atom. The van der Waals surface area contributed by atoms with Crippen molar-refractivity contribution in [3.8, 4) is 0 Å². The lowest BCUT2D eigenvalue weighted by Gasteiger charge is -2.46. The van der Waals surface area contributed by atoms with Crippen molar-refractivity contribution in [2.24, 2.45) is 0 Å². The minimum absolute atomic E-state index is 0.326. The van der Waals surface area contributed by atoms with Crippen LogP contribution in [-0.2, 0) is 0 Å². The maximum atomic E-state index is 9.31. The maximum absolute atomic E-state index is 9.31. The van der Waals surface area contributed by atoms with E-state index in [1.54, 1.807) is 0 Å². The normalized spacial score (nSPS) is 28.7. The number of piperazine rings is 1. The number of hydrogen-bond donors (Lipinski definition) is 1. The Balaban J connectivity index is 1.93. The molecule has 3 heteroatoms. The monoisotopic (exact) mass is 268 g/mol. The molecule has 2 rings (SSSR count). The number of aliphatic hydroxyl groups is 1. The van der Waals surface area contributed by atoms with E-state index >= 15 is 0 Å². The van der Waals surface area contributed by atoms with Gasteiger partial charge in [-0.2, -0.15) is 0 Å². The Morgan fingerprint density at radius 1 is 1.05 bits per heavy atom. The summed E-state index contributed by atoms with van der Waals surface area (Å²) in [6, 6.07) is 1.98. The van der Waals surface area contributed by atoms with Gasteiger partial charge in [0.2, 0.25) is 0 Å². The Labute approximate surface area is 119 Å². The minimum atomic E-state index is 0.326. The van der Waals surface area contributed by atoms with Crippen LogP contribution in [0.4, 0.5) is 0 Å². The fraction of sp³-hybridized carbons (Fsp3) is 1.00. The van der Waals surface area contributed by atoms with Crippen LogP contribution in [0, 0.1) is 0 Å². The van der Waals surface area contributed by atoms with Gasteiger partial charge in [-0.3, -0.25) is 9.80 Å². The van der Waals surface area contributed by atoms with Crippen LogP contribution in [0.2, 0.25) is 0 Å². The Kier molecular flexibility index (Phi) is 6.11. The molecule has 0 amide bonds. The van der Waals surface area contributed by atoms with E-state index in [0.29, 0.717) is 18.7 Å². The van der Waals surface area contributed by atoms with Crippen LogP contribution in [0.15, 0.2) is 0 Å². The van der Waals surface area contributed by atoms with Gasteiger partial charge in [0.05, 0.1) is 0 Å². The molecule has 19 heavy (non-hydrogen) atoms. The molecule has 0 aromatic heterocycles. The summed E-state index contributed by atoms with van der Waals surface area (Å²) in [5, 5.41) is 9.31. The zero-order chi connectivity index (χ0) is 13.7. The molecule has 0 radical (unpaired) electrons. The summed E-state index contributed by atoms with van der Waals surface area (Å²) in [5.74, 6) is 0. The molecule has 2 fully saturated rings. The third-order valence-electron chi connectivity index (χ3n) is 5.03. The SMILES string of the molecule is CC(C)N1CCN(C2CCCCCC2)C[C@@H]1CCO. The van der Waals surface area contributed by atoms with Crippen molar-refractivity contribution in [3.05, 3.63) is 0 Å². The fourth-order valence-corrected chi connectivity index (χ4v) is 3.93. The molecule has 1 aliphatic carbocycles. The summed E-state index contributed by atoms with van der Waals surface area (Å²) in [5.41, 5.74) is 0. The van der Waals surface area contributed by atoms with Crippen molar-refractivity contribution in [2.45, 2.75) is 76.9 Å². The molecular weight excluding hydrogens is 236 g/mol. The molecule has 1 atom stereocenters. The fourth-order valence-electron chi connectivity index (χ4n) is 3.93. The average Bonchev–Trinajstić information content (AvgIpc) is 2.67. The molecule has 2 aliphatic rings. The second-order valence-electron chi connectivity index (χ2n) is 6.64. The molecule has 1 heterocycles. The van der Waals surface area contributed by atoms with Gasteiger partial charge in [-0.15, -0.1) is 0 Å². The Morgan fingerprint density at radius 2 is 1.74 bits per heavy atom. The molecule has 0 aromatic carbocycles. The standard InChI is InChI=1S/C16H32N2O/c1-14(2)18-11-10-17(13-16(18)9-12-19)15-7-5-3-4-6-8-15/h14-16,19H,3-13H2,1-2H3/t16-/m0/s1. The van der Waals surface area contributed by atoms with Gasteiger partial charge in [-0.1, -0.05) is 25.7 Å². The quantitative estimate of drug-likeness (QED) is 0.794. The van der Waals surface area contributed by atoms with E-state index in [1.165, 1.54) is 58.2 Å². The van der Waals surface area contributed by atoms with Gasteiger partial charge >= 0.3 is 0 Å². The van der Waals surface area contributed by atoms with Gasteiger partial charge in [0.1, 0.15) is 0 Å². The predicted molar refractivity (Wildman–Crippen MR) is 80.4 cm³/mol. The van der Waals surface area contributed by atoms with E-state index in [2.05, 4.69) is 23.6 Å². The van der Waals surface area contributed by atoms with E-state index in [4.69, 9.17) is 0 Å². The first-order chi connectivity index (χ1) is 9.22.